The maximum absolute atomic E-state index is 11.2. The average molecular weight is 239 g/mol. The van der Waals surface area contributed by atoms with Crippen molar-refractivity contribution >= 4 is 16.2 Å². The third-order valence-electron chi connectivity index (χ3n) is 1.46. The van der Waals surface area contributed by atoms with Crippen LogP contribution in [0.3, 0.4) is 0 Å². The van der Waals surface area contributed by atoms with Crippen molar-refractivity contribution in [1.29, 1.82) is 0 Å². The predicted octanol–water partition coefficient (Wildman–Crippen LogP) is -1.38. The number of carboxylic acid groups (broad SMARTS) is 1. The Morgan fingerprint density at radius 1 is 1.47 bits per heavy atom. The van der Waals surface area contributed by atoms with Gasteiger partial charge in [-0.2, -0.15) is 13.1 Å². The van der Waals surface area contributed by atoms with Crippen molar-refractivity contribution in [3.63, 3.8) is 0 Å². The zero-order valence-corrected chi connectivity index (χ0v) is 9.54. The minimum Gasteiger partial charge on any atom is -0.480 e. The van der Waals surface area contributed by atoms with Gasteiger partial charge in [-0.1, -0.05) is 0 Å². The molecular formula is C7H17N3O4S. The number of aliphatic carboxylic acids is 1. The molecule has 0 aliphatic carbocycles. The van der Waals surface area contributed by atoms with Gasteiger partial charge in [-0.25, -0.2) is 4.72 Å². The van der Waals surface area contributed by atoms with Crippen LogP contribution in [0.4, 0.5) is 0 Å². The SMILES string of the molecule is CC(C)NS(=O)(=O)NCCC(N)C(=O)O. The van der Waals surface area contributed by atoms with E-state index in [1.54, 1.807) is 13.8 Å². The average Bonchev–Trinajstić information content (AvgIpc) is 2.00. The second kappa shape index (κ2) is 6.01. The molecule has 1 unspecified atom stereocenters. The summed E-state index contributed by atoms with van der Waals surface area (Å²) >= 11 is 0. The molecule has 15 heavy (non-hydrogen) atoms. The summed E-state index contributed by atoms with van der Waals surface area (Å²) in [5.74, 6) is -1.15. The summed E-state index contributed by atoms with van der Waals surface area (Å²) in [6.45, 7) is 3.36. The van der Waals surface area contributed by atoms with Gasteiger partial charge in [0, 0.05) is 12.6 Å². The lowest BCUT2D eigenvalue weighted by Crippen LogP contribution is -2.42. The summed E-state index contributed by atoms with van der Waals surface area (Å²) < 4.78 is 26.9. The predicted molar refractivity (Wildman–Crippen MR) is 55.4 cm³/mol. The van der Waals surface area contributed by atoms with Crippen LogP contribution in [0.25, 0.3) is 0 Å². The molecule has 8 heteroatoms. The van der Waals surface area contributed by atoms with Crippen molar-refractivity contribution in [3.8, 4) is 0 Å². The van der Waals surface area contributed by atoms with Gasteiger partial charge in [0.25, 0.3) is 10.2 Å². The number of rotatable bonds is 7. The van der Waals surface area contributed by atoms with Crippen LogP contribution in [0.1, 0.15) is 20.3 Å². The van der Waals surface area contributed by atoms with Crippen molar-refractivity contribution < 1.29 is 18.3 Å². The first-order chi connectivity index (χ1) is 6.74. The van der Waals surface area contributed by atoms with Crippen molar-refractivity contribution in [1.82, 2.24) is 9.44 Å². The molecule has 0 radical (unpaired) electrons. The van der Waals surface area contributed by atoms with Crippen molar-refractivity contribution in [2.75, 3.05) is 6.54 Å². The Morgan fingerprint density at radius 3 is 2.40 bits per heavy atom. The summed E-state index contributed by atoms with van der Waals surface area (Å²) in [7, 11) is -3.55. The molecule has 0 aromatic heterocycles. The molecule has 0 aliphatic rings. The van der Waals surface area contributed by atoms with E-state index in [4.69, 9.17) is 10.8 Å². The van der Waals surface area contributed by atoms with E-state index in [2.05, 4.69) is 9.44 Å². The Morgan fingerprint density at radius 2 is 2.00 bits per heavy atom. The monoisotopic (exact) mass is 239 g/mol. The molecule has 0 rings (SSSR count). The molecule has 0 heterocycles. The van der Waals surface area contributed by atoms with Crippen LogP contribution < -0.4 is 15.2 Å². The van der Waals surface area contributed by atoms with E-state index in [0.717, 1.165) is 0 Å². The number of hydrogen-bond acceptors (Lipinski definition) is 4. The quantitative estimate of drug-likeness (QED) is 0.436. The molecule has 0 fully saturated rings. The number of hydrogen-bond donors (Lipinski definition) is 4. The second-order valence-corrected chi connectivity index (χ2v) is 4.93. The number of carboxylic acids is 1. The first kappa shape index (κ1) is 14.3. The fourth-order valence-corrected chi connectivity index (χ4v) is 1.91. The van der Waals surface area contributed by atoms with Gasteiger partial charge in [0.05, 0.1) is 0 Å². The Labute approximate surface area is 89.2 Å². The largest absolute Gasteiger partial charge is 0.480 e. The Bertz CT molecular complexity index is 301. The maximum Gasteiger partial charge on any atom is 0.320 e. The Hall–Kier alpha value is -0.700. The molecule has 0 aliphatic heterocycles. The van der Waals surface area contributed by atoms with Gasteiger partial charge in [-0.15, -0.1) is 0 Å². The zero-order chi connectivity index (χ0) is 12.1. The van der Waals surface area contributed by atoms with Crippen LogP contribution in [0, 0.1) is 0 Å². The molecule has 0 saturated heterocycles. The van der Waals surface area contributed by atoms with Crippen LogP contribution >= 0.6 is 0 Å². The van der Waals surface area contributed by atoms with Crippen LogP contribution in [-0.2, 0) is 15.0 Å². The normalized spacial score (nSPS) is 14.1. The van der Waals surface area contributed by atoms with Gasteiger partial charge >= 0.3 is 5.97 Å². The van der Waals surface area contributed by atoms with Gasteiger partial charge < -0.3 is 10.8 Å². The van der Waals surface area contributed by atoms with Crippen molar-refractivity contribution in [2.45, 2.75) is 32.4 Å². The third kappa shape index (κ3) is 7.25. The van der Waals surface area contributed by atoms with Crippen LogP contribution in [0.15, 0.2) is 0 Å². The highest BCUT2D eigenvalue weighted by Crippen LogP contribution is 1.88. The molecule has 5 N–H and O–H groups in total. The molecule has 0 bridgehead atoms. The Balaban J connectivity index is 3.91. The lowest BCUT2D eigenvalue weighted by Gasteiger charge is -2.11. The highest BCUT2D eigenvalue weighted by molar-refractivity contribution is 7.87. The van der Waals surface area contributed by atoms with E-state index in [1.807, 2.05) is 0 Å². The molecule has 0 spiro atoms. The maximum atomic E-state index is 11.2. The zero-order valence-electron chi connectivity index (χ0n) is 8.73. The lowest BCUT2D eigenvalue weighted by molar-refractivity contribution is -0.138. The summed E-state index contributed by atoms with van der Waals surface area (Å²) in [5.41, 5.74) is 5.19. The van der Waals surface area contributed by atoms with E-state index < -0.39 is 22.2 Å². The number of nitrogens with one attached hydrogen (secondary N) is 2. The van der Waals surface area contributed by atoms with E-state index in [-0.39, 0.29) is 19.0 Å². The summed E-state index contributed by atoms with van der Waals surface area (Å²) in [5, 5.41) is 8.44. The summed E-state index contributed by atoms with van der Waals surface area (Å²) in [6.07, 6.45) is 0.0499. The van der Waals surface area contributed by atoms with Crippen LogP contribution in [0.2, 0.25) is 0 Å². The lowest BCUT2D eigenvalue weighted by atomic mass is 10.2. The summed E-state index contributed by atoms with van der Waals surface area (Å²) in [4.78, 5) is 10.3. The standard InChI is InChI=1S/C7H17N3O4S/c1-5(2)10-15(13,14)9-4-3-6(8)7(11)12/h5-6,9-10H,3-4,8H2,1-2H3,(H,11,12). The van der Waals surface area contributed by atoms with Crippen molar-refractivity contribution in [3.05, 3.63) is 0 Å². The molecule has 0 amide bonds. The van der Waals surface area contributed by atoms with Crippen molar-refractivity contribution in [2.24, 2.45) is 5.73 Å². The van der Waals surface area contributed by atoms with E-state index in [1.165, 1.54) is 0 Å². The minimum absolute atomic E-state index is 0.00444. The Kier molecular flexibility index (Phi) is 5.73. The first-order valence-corrected chi connectivity index (χ1v) is 5.98. The number of nitrogens with two attached hydrogens (primary N) is 1. The van der Waals surface area contributed by atoms with Gasteiger partial charge in [0.2, 0.25) is 0 Å². The van der Waals surface area contributed by atoms with Gasteiger partial charge in [-0.3, -0.25) is 4.79 Å². The van der Waals surface area contributed by atoms with E-state index in [9.17, 15) is 13.2 Å². The molecule has 0 aromatic carbocycles. The molecule has 0 saturated carbocycles. The smallest absolute Gasteiger partial charge is 0.320 e. The summed E-state index contributed by atoms with van der Waals surface area (Å²) in [6, 6.07) is -1.26. The molecule has 90 valence electrons. The topological polar surface area (TPSA) is 122 Å². The van der Waals surface area contributed by atoms with Crippen LogP contribution in [-0.4, -0.2) is 38.1 Å². The fourth-order valence-electron chi connectivity index (χ4n) is 0.824. The van der Waals surface area contributed by atoms with E-state index >= 15 is 0 Å². The third-order valence-corrected chi connectivity index (χ3v) is 2.82. The molecule has 7 nitrogen and oxygen atoms in total. The highest BCUT2D eigenvalue weighted by Gasteiger charge is 2.14. The molecule has 0 aromatic rings. The van der Waals surface area contributed by atoms with E-state index in [0.29, 0.717) is 0 Å². The second-order valence-electron chi connectivity index (χ2n) is 3.40. The van der Waals surface area contributed by atoms with Crippen LogP contribution in [0.5, 0.6) is 0 Å². The van der Waals surface area contributed by atoms with Gasteiger partial charge in [-0.05, 0) is 20.3 Å². The van der Waals surface area contributed by atoms with Gasteiger partial charge in [0.1, 0.15) is 6.04 Å². The highest BCUT2D eigenvalue weighted by atomic mass is 32.2. The number of carbonyl (C=O) groups is 1. The van der Waals surface area contributed by atoms with Gasteiger partial charge in [0.15, 0.2) is 0 Å². The molecule has 1 atom stereocenters. The fraction of sp³-hybridized carbons (Fsp3) is 0.857. The minimum atomic E-state index is -3.55. The molecular weight excluding hydrogens is 222 g/mol. The first-order valence-electron chi connectivity index (χ1n) is 4.50.